The van der Waals surface area contributed by atoms with Crippen LogP contribution in [0.25, 0.3) is 21.5 Å². The number of hydrogen-bond donors (Lipinski definition) is 0. The average molecular weight is 266 g/mol. The third-order valence-electron chi connectivity index (χ3n) is 3.30. The van der Waals surface area contributed by atoms with Gasteiger partial charge in [0.15, 0.2) is 11.5 Å². The van der Waals surface area contributed by atoms with Gasteiger partial charge in [-0.3, -0.25) is 4.79 Å². The summed E-state index contributed by atoms with van der Waals surface area (Å²) in [7, 11) is 1.58. The van der Waals surface area contributed by atoms with E-state index in [9.17, 15) is 4.79 Å². The van der Waals surface area contributed by atoms with E-state index in [2.05, 4.69) is 12.1 Å². The van der Waals surface area contributed by atoms with Gasteiger partial charge in [-0.1, -0.05) is 30.3 Å². The molecule has 3 heteroatoms. The fourth-order valence-electron chi connectivity index (χ4n) is 2.49. The summed E-state index contributed by atoms with van der Waals surface area (Å²) in [6.07, 6.45) is 0. The van der Waals surface area contributed by atoms with Crippen LogP contribution in [0.4, 0.5) is 0 Å². The summed E-state index contributed by atoms with van der Waals surface area (Å²) in [5.41, 5.74) is 0. The van der Waals surface area contributed by atoms with Gasteiger partial charge >= 0.3 is 5.97 Å². The first-order chi connectivity index (χ1) is 9.70. The smallest absolute Gasteiger partial charge is 0.308 e. The highest BCUT2D eigenvalue weighted by Gasteiger charge is 2.12. The molecule has 0 spiro atoms. The molecule has 0 aliphatic heterocycles. The van der Waals surface area contributed by atoms with Crippen molar-refractivity contribution in [2.75, 3.05) is 7.11 Å². The maximum absolute atomic E-state index is 11.2. The molecule has 0 fully saturated rings. The fraction of sp³-hybridized carbons (Fsp3) is 0.118. The van der Waals surface area contributed by atoms with Crippen LogP contribution in [0.3, 0.4) is 0 Å². The van der Waals surface area contributed by atoms with Crippen molar-refractivity contribution in [3.8, 4) is 11.5 Å². The Morgan fingerprint density at radius 3 is 2.40 bits per heavy atom. The predicted octanol–water partition coefficient (Wildman–Crippen LogP) is 3.93. The molecule has 0 radical (unpaired) electrons. The molecule has 0 N–H and O–H groups in total. The van der Waals surface area contributed by atoms with Crippen molar-refractivity contribution < 1.29 is 14.3 Å². The van der Waals surface area contributed by atoms with Crippen LogP contribution >= 0.6 is 0 Å². The third kappa shape index (κ3) is 1.97. The van der Waals surface area contributed by atoms with Crippen LogP contribution in [0, 0.1) is 0 Å². The first kappa shape index (κ1) is 12.5. The van der Waals surface area contributed by atoms with Crippen LogP contribution in [0.5, 0.6) is 11.5 Å². The van der Waals surface area contributed by atoms with Crippen molar-refractivity contribution in [2.24, 2.45) is 0 Å². The summed E-state index contributed by atoms with van der Waals surface area (Å²) in [5.74, 6) is 0.676. The van der Waals surface area contributed by atoms with Gasteiger partial charge in [-0.2, -0.15) is 0 Å². The summed E-state index contributed by atoms with van der Waals surface area (Å²) in [6, 6.07) is 15.9. The zero-order valence-electron chi connectivity index (χ0n) is 11.3. The molecular weight excluding hydrogens is 252 g/mol. The Bertz CT molecular complexity index is 806. The Morgan fingerprint density at radius 1 is 0.900 bits per heavy atom. The highest BCUT2D eigenvalue weighted by atomic mass is 16.6. The number of esters is 1. The topological polar surface area (TPSA) is 35.5 Å². The van der Waals surface area contributed by atoms with E-state index in [-0.39, 0.29) is 5.97 Å². The second-order valence-corrected chi connectivity index (χ2v) is 4.57. The normalized spacial score (nSPS) is 10.7. The SMILES string of the molecule is COc1c(OC(C)=O)ccc2c1ccc1ccccc12. The largest absolute Gasteiger partial charge is 0.492 e. The zero-order chi connectivity index (χ0) is 14.1. The quantitative estimate of drug-likeness (QED) is 0.400. The van der Waals surface area contributed by atoms with Gasteiger partial charge in [-0.25, -0.2) is 0 Å². The second-order valence-electron chi connectivity index (χ2n) is 4.57. The lowest BCUT2D eigenvalue weighted by Crippen LogP contribution is -2.03. The summed E-state index contributed by atoms with van der Waals surface area (Å²) in [6.45, 7) is 1.38. The highest BCUT2D eigenvalue weighted by Crippen LogP contribution is 2.38. The summed E-state index contributed by atoms with van der Waals surface area (Å²) in [5, 5.41) is 4.33. The van der Waals surface area contributed by atoms with Crippen molar-refractivity contribution in [1.29, 1.82) is 0 Å². The highest BCUT2D eigenvalue weighted by molar-refractivity contribution is 6.10. The molecule has 0 aliphatic carbocycles. The Hall–Kier alpha value is -2.55. The van der Waals surface area contributed by atoms with Crippen molar-refractivity contribution in [2.45, 2.75) is 6.92 Å². The maximum atomic E-state index is 11.2. The maximum Gasteiger partial charge on any atom is 0.308 e. The van der Waals surface area contributed by atoms with E-state index in [0.717, 1.165) is 16.2 Å². The molecule has 0 heterocycles. The lowest BCUT2D eigenvalue weighted by Gasteiger charge is -2.12. The lowest BCUT2D eigenvalue weighted by molar-refractivity contribution is -0.131. The minimum atomic E-state index is -0.358. The van der Waals surface area contributed by atoms with Crippen LogP contribution < -0.4 is 9.47 Å². The van der Waals surface area contributed by atoms with E-state index >= 15 is 0 Å². The minimum Gasteiger partial charge on any atom is -0.492 e. The van der Waals surface area contributed by atoms with Gasteiger partial charge in [0.25, 0.3) is 0 Å². The summed E-state index contributed by atoms with van der Waals surface area (Å²) >= 11 is 0. The molecule has 0 aromatic heterocycles. The summed E-state index contributed by atoms with van der Waals surface area (Å²) < 4.78 is 10.6. The molecule has 3 rings (SSSR count). The molecule has 3 nitrogen and oxygen atoms in total. The van der Waals surface area contributed by atoms with Gasteiger partial charge in [-0.15, -0.1) is 0 Å². The molecule has 0 saturated carbocycles. The number of hydrogen-bond acceptors (Lipinski definition) is 3. The van der Waals surface area contributed by atoms with Crippen molar-refractivity contribution in [1.82, 2.24) is 0 Å². The first-order valence-electron chi connectivity index (χ1n) is 6.37. The Kier molecular flexibility index (Phi) is 3.03. The number of carbonyl (C=O) groups excluding carboxylic acids is 1. The minimum absolute atomic E-state index is 0.358. The Labute approximate surface area is 116 Å². The lowest BCUT2D eigenvalue weighted by atomic mass is 10.0. The second kappa shape index (κ2) is 4.85. The van der Waals surface area contributed by atoms with Gasteiger partial charge in [0.2, 0.25) is 0 Å². The molecule has 3 aromatic rings. The molecule has 20 heavy (non-hydrogen) atoms. The van der Waals surface area contributed by atoms with Crippen LogP contribution in [0.1, 0.15) is 6.92 Å². The fourth-order valence-corrected chi connectivity index (χ4v) is 2.49. The van der Waals surface area contributed by atoms with Crippen LogP contribution in [0.2, 0.25) is 0 Å². The number of fused-ring (bicyclic) bond motifs is 3. The van der Waals surface area contributed by atoms with E-state index in [1.807, 2.05) is 30.3 Å². The third-order valence-corrected chi connectivity index (χ3v) is 3.30. The Balaban J connectivity index is 2.34. The van der Waals surface area contributed by atoms with Gasteiger partial charge in [0, 0.05) is 12.3 Å². The molecule has 0 unspecified atom stereocenters. The van der Waals surface area contributed by atoms with Gasteiger partial charge < -0.3 is 9.47 Å². The molecular formula is C17H14O3. The summed E-state index contributed by atoms with van der Waals surface area (Å²) in [4.78, 5) is 11.2. The molecule has 0 amide bonds. The van der Waals surface area contributed by atoms with Crippen LogP contribution in [0.15, 0.2) is 48.5 Å². The van der Waals surface area contributed by atoms with Crippen LogP contribution in [-0.4, -0.2) is 13.1 Å². The monoisotopic (exact) mass is 266 g/mol. The average Bonchev–Trinajstić information content (AvgIpc) is 2.46. The zero-order valence-corrected chi connectivity index (χ0v) is 11.3. The van der Waals surface area contributed by atoms with Gasteiger partial charge in [0.1, 0.15) is 0 Å². The van der Waals surface area contributed by atoms with E-state index < -0.39 is 0 Å². The first-order valence-corrected chi connectivity index (χ1v) is 6.37. The predicted molar refractivity (Wildman–Crippen MR) is 79.3 cm³/mol. The van der Waals surface area contributed by atoms with Crippen molar-refractivity contribution >= 4 is 27.5 Å². The van der Waals surface area contributed by atoms with Crippen molar-refractivity contribution in [3.63, 3.8) is 0 Å². The van der Waals surface area contributed by atoms with E-state index in [1.165, 1.54) is 12.3 Å². The molecule has 0 saturated heterocycles. The van der Waals surface area contributed by atoms with E-state index in [1.54, 1.807) is 13.2 Å². The molecule has 0 atom stereocenters. The number of carbonyl (C=O) groups is 1. The number of methoxy groups -OCH3 is 1. The number of benzene rings is 3. The Morgan fingerprint density at radius 2 is 1.65 bits per heavy atom. The van der Waals surface area contributed by atoms with E-state index in [4.69, 9.17) is 9.47 Å². The molecule has 0 bridgehead atoms. The van der Waals surface area contributed by atoms with Crippen molar-refractivity contribution in [3.05, 3.63) is 48.5 Å². The van der Waals surface area contributed by atoms with Gasteiger partial charge in [0.05, 0.1) is 7.11 Å². The van der Waals surface area contributed by atoms with Gasteiger partial charge in [-0.05, 0) is 34.4 Å². The number of ether oxygens (including phenoxy) is 2. The molecule has 0 aliphatic rings. The van der Waals surface area contributed by atoms with E-state index in [0.29, 0.717) is 11.5 Å². The molecule has 100 valence electrons. The molecule has 3 aromatic carbocycles. The van der Waals surface area contributed by atoms with Crippen LogP contribution in [-0.2, 0) is 4.79 Å². The standard InChI is InChI=1S/C17H14O3/c1-11(18)20-16-10-9-14-13-6-4-3-5-12(13)7-8-15(14)17(16)19-2/h3-10H,1-2H3. The number of rotatable bonds is 2.